The van der Waals surface area contributed by atoms with E-state index in [2.05, 4.69) is 6.92 Å². The zero-order valence-corrected chi connectivity index (χ0v) is 27.4. The standard InChI is InChI=1S/C34H54O9/c1-18(19(2)31(6,7)42-22(5)37)29(41-21(4)36)30-34(43-30)28(39)16-27-25-10-9-23-15-24(38)11-13-32(23,8)26(25)12-14-33(27,34)17-40-20(3)35/h18-19,23-30,38-39H,9-17H2,1-8H3. The van der Waals surface area contributed by atoms with Crippen LogP contribution in [-0.4, -0.2) is 70.3 Å². The predicted molar refractivity (Wildman–Crippen MR) is 157 cm³/mol. The molecule has 0 radical (unpaired) electrons. The quantitative estimate of drug-likeness (QED) is 0.231. The number of aliphatic hydroxyl groups excluding tert-OH is 2. The predicted octanol–water partition coefficient (Wildman–Crippen LogP) is 4.59. The number of hydrogen-bond donors (Lipinski definition) is 2. The van der Waals surface area contributed by atoms with Crippen LogP contribution in [0.15, 0.2) is 0 Å². The van der Waals surface area contributed by atoms with Crippen molar-refractivity contribution in [3.8, 4) is 0 Å². The lowest BCUT2D eigenvalue weighted by Gasteiger charge is -2.61. The minimum Gasteiger partial charge on any atom is -0.465 e. The fourth-order valence-electron chi connectivity index (χ4n) is 10.8. The van der Waals surface area contributed by atoms with Gasteiger partial charge in [0.2, 0.25) is 0 Å². The van der Waals surface area contributed by atoms with Gasteiger partial charge >= 0.3 is 17.9 Å². The molecule has 1 saturated heterocycles. The van der Waals surface area contributed by atoms with E-state index in [1.807, 2.05) is 27.7 Å². The van der Waals surface area contributed by atoms with Crippen molar-refractivity contribution in [3.05, 3.63) is 0 Å². The molecule has 0 aromatic heterocycles. The molecule has 43 heavy (non-hydrogen) atoms. The summed E-state index contributed by atoms with van der Waals surface area (Å²) >= 11 is 0. The molecule has 5 rings (SSSR count). The average Bonchev–Trinajstić information content (AvgIpc) is 3.61. The molecular formula is C34H54O9. The van der Waals surface area contributed by atoms with Gasteiger partial charge < -0.3 is 29.2 Å². The highest BCUT2D eigenvalue weighted by molar-refractivity contribution is 5.67. The van der Waals surface area contributed by atoms with Gasteiger partial charge in [0, 0.05) is 38.0 Å². The van der Waals surface area contributed by atoms with E-state index in [-0.39, 0.29) is 47.8 Å². The van der Waals surface area contributed by atoms with E-state index in [1.54, 1.807) is 0 Å². The Morgan fingerprint density at radius 2 is 1.63 bits per heavy atom. The largest absolute Gasteiger partial charge is 0.465 e. The van der Waals surface area contributed by atoms with Crippen molar-refractivity contribution in [1.29, 1.82) is 0 Å². The molecule has 1 aliphatic heterocycles. The highest BCUT2D eigenvalue weighted by Crippen LogP contribution is 2.74. The van der Waals surface area contributed by atoms with Crippen molar-refractivity contribution in [2.45, 2.75) is 142 Å². The van der Waals surface area contributed by atoms with Gasteiger partial charge in [0.05, 0.1) is 12.2 Å². The molecule has 1 spiro atoms. The second-order valence-corrected chi connectivity index (χ2v) is 15.6. The van der Waals surface area contributed by atoms with Crippen LogP contribution in [0.5, 0.6) is 0 Å². The Labute approximate surface area is 256 Å². The molecule has 5 fully saturated rings. The number of esters is 3. The Kier molecular flexibility index (Phi) is 8.56. The lowest BCUT2D eigenvalue weighted by atomic mass is 9.44. The highest BCUT2D eigenvalue weighted by Gasteiger charge is 2.82. The fourth-order valence-corrected chi connectivity index (χ4v) is 10.8. The van der Waals surface area contributed by atoms with Crippen molar-refractivity contribution in [2.75, 3.05) is 6.61 Å². The summed E-state index contributed by atoms with van der Waals surface area (Å²) in [5, 5.41) is 22.4. The van der Waals surface area contributed by atoms with Gasteiger partial charge in [-0.05, 0) is 94.3 Å². The Balaban J connectivity index is 1.49. The SMILES string of the molecule is CC(=O)OCC12CCC3C(CCC4CC(O)CCC43C)C1CC(O)C21OC1C(OC(C)=O)C(C)C(C)C(C)(C)OC(C)=O. The van der Waals surface area contributed by atoms with Gasteiger partial charge in [-0.2, -0.15) is 0 Å². The molecular weight excluding hydrogens is 552 g/mol. The van der Waals surface area contributed by atoms with Crippen LogP contribution in [0, 0.1) is 46.3 Å². The molecule has 0 bridgehead atoms. The number of ether oxygens (including phenoxy) is 4. The van der Waals surface area contributed by atoms with Crippen molar-refractivity contribution in [1.82, 2.24) is 0 Å². The minimum absolute atomic E-state index is 0.0958. The number of rotatable bonds is 8. The number of aliphatic hydroxyl groups is 2. The van der Waals surface area contributed by atoms with Crippen LogP contribution in [0.2, 0.25) is 0 Å². The maximum absolute atomic E-state index is 12.5. The summed E-state index contributed by atoms with van der Waals surface area (Å²) in [4.78, 5) is 36.6. The third kappa shape index (κ3) is 5.23. The fraction of sp³-hybridized carbons (Fsp3) is 0.912. The monoisotopic (exact) mass is 606 g/mol. The van der Waals surface area contributed by atoms with E-state index in [0.717, 1.165) is 44.9 Å². The van der Waals surface area contributed by atoms with Crippen LogP contribution in [0.25, 0.3) is 0 Å². The first-order chi connectivity index (χ1) is 20.0. The summed E-state index contributed by atoms with van der Waals surface area (Å²) in [5.74, 6) is -0.220. The first-order valence-corrected chi connectivity index (χ1v) is 16.5. The lowest BCUT2D eigenvalue weighted by molar-refractivity contribution is -0.168. The van der Waals surface area contributed by atoms with Crippen molar-refractivity contribution in [2.24, 2.45) is 46.3 Å². The van der Waals surface area contributed by atoms with Crippen LogP contribution in [0.4, 0.5) is 0 Å². The molecule has 13 atom stereocenters. The molecule has 9 heteroatoms. The summed E-state index contributed by atoms with van der Waals surface area (Å²) in [6, 6.07) is 0. The van der Waals surface area contributed by atoms with Crippen LogP contribution in [0.1, 0.15) is 107 Å². The summed E-state index contributed by atoms with van der Waals surface area (Å²) < 4.78 is 24.2. The van der Waals surface area contributed by atoms with Gasteiger partial charge in [-0.25, -0.2) is 0 Å². The normalized spacial score (nSPS) is 43.8. The van der Waals surface area contributed by atoms with Crippen LogP contribution >= 0.6 is 0 Å². The Morgan fingerprint density at radius 1 is 0.930 bits per heavy atom. The van der Waals surface area contributed by atoms with E-state index < -0.39 is 40.9 Å². The summed E-state index contributed by atoms with van der Waals surface area (Å²) in [7, 11) is 0. The van der Waals surface area contributed by atoms with Crippen LogP contribution in [-0.2, 0) is 33.3 Å². The van der Waals surface area contributed by atoms with Gasteiger partial charge in [-0.3, -0.25) is 14.4 Å². The Morgan fingerprint density at radius 3 is 2.26 bits per heavy atom. The second kappa shape index (κ2) is 11.3. The number of carbonyl (C=O) groups is 3. The molecule has 2 N–H and O–H groups in total. The van der Waals surface area contributed by atoms with Gasteiger partial charge in [-0.1, -0.05) is 20.8 Å². The van der Waals surface area contributed by atoms with Gasteiger partial charge in [0.15, 0.2) is 0 Å². The Bertz CT molecular complexity index is 1110. The molecule has 1 heterocycles. The van der Waals surface area contributed by atoms with Crippen LogP contribution < -0.4 is 0 Å². The molecule has 0 amide bonds. The first-order valence-electron chi connectivity index (χ1n) is 16.5. The van der Waals surface area contributed by atoms with Gasteiger partial charge in [0.1, 0.15) is 30.0 Å². The number of carbonyl (C=O) groups excluding carboxylic acids is 3. The maximum atomic E-state index is 12.5. The third-order valence-corrected chi connectivity index (χ3v) is 13.2. The molecule has 0 aromatic carbocycles. The van der Waals surface area contributed by atoms with E-state index in [4.69, 9.17) is 18.9 Å². The smallest absolute Gasteiger partial charge is 0.303 e. The van der Waals surface area contributed by atoms with Gasteiger partial charge in [-0.15, -0.1) is 0 Å². The second-order valence-electron chi connectivity index (χ2n) is 15.6. The van der Waals surface area contributed by atoms with E-state index in [1.165, 1.54) is 20.8 Å². The molecule has 5 aliphatic rings. The molecule has 4 saturated carbocycles. The maximum Gasteiger partial charge on any atom is 0.303 e. The van der Waals surface area contributed by atoms with Crippen molar-refractivity contribution < 1.29 is 43.5 Å². The van der Waals surface area contributed by atoms with Gasteiger partial charge in [0.25, 0.3) is 0 Å². The number of epoxide rings is 1. The van der Waals surface area contributed by atoms with E-state index >= 15 is 0 Å². The summed E-state index contributed by atoms with van der Waals surface area (Å²) in [6.07, 6.45) is 4.76. The lowest BCUT2D eigenvalue weighted by Crippen LogP contribution is -2.58. The summed E-state index contributed by atoms with van der Waals surface area (Å²) in [5.41, 5.74) is -2.28. The van der Waals surface area contributed by atoms with E-state index in [0.29, 0.717) is 24.2 Å². The molecule has 9 nitrogen and oxygen atoms in total. The minimum atomic E-state index is -1.00. The zero-order chi connectivity index (χ0) is 31.7. The molecule has 4 aliphatic carbocycles. The van der Waals surface area contributed by atoms with Crippen molar-refractivity contribution in [3.63, 3.8) is 0 Å². The topological polar surface area (TPSA) is 132 Å². The van der Waals surface area contributed by atoms with Crippen molar-refractivity contribution >= 4 is 17.9 Å². The van der Waals surface area contributed by atoms with Crippen LogP contribution in [0.3, 0.4) is 0 Å². The summed E-state index contributed by atoms with van der Waals surface area (Å²) in [6.45, 7) is 14.4. The number of fused-ring (bicyclic) bond motifs is 6. The average molecular weight is 607 g/mol. The molecule has 0 aromatic rings. The first kappa shape index (κ1) is 32.7. The third-order valence-electron chi connectivity index (χ3n) is 13.2. The molecule has 13 unspecified atom stereocenters. The Hall–Kier alpha value is -1.71. The number of hydrogen-bond acceptors (Lipinski definition) is 9. The van der Waals surface area contributed by atoms with E-state index in [9.17, 15) is 24.6 Å². The zero-order valence-electron chi connectivity index (χ0n) is 27.4. The molecule has 244 valence electrons. The highest BCUT2D eigenvalue weighted by atomic mass is 16.7.